The van der Waals surface area contributed by atoms with E-state index < -0.39 is 12.2 Å². The Morgan fingerprint density at radius 1 is 0.891 bits per heavy atom. The first-order valence-electron chi connectivity index (χ1n) is 16.9. The summed E-state index contributed by atoms with van der Waals surface area (Å²) in [5.74, 6) is -0.131. The van der Waals surface area contributed by atoms with E-state index in [4.69, 9.17) is 16.3 Å². The minimum Gasteiger partial charge on any atom is -0.436 e. The number of piperidine rings is 2. The molecule has 4 aliphatic heterocycles. The van der Waals surface area contributed by atoms with Gasteiger partial charge >= 0.3 is 12.1 Å². The van der Waals surface area contributed by atoms with Gasteiger partial charge in [0.1, 0.15) is 0 Å². The first kappa shape index (κ1) is 32.6. The van der Waals surface area contributed by atoms with Gasteiger partial charge in [-0.25, -0.2) is 9.59 Å². The van der Waals surface area contributed by atoms with E-state index in [0.29, 0.717) is 63.1 Å². The standard InChI is InChI=1S/C35H47ClN6O4/c1-24-21-26(22-25(2)32(24)36)23-31(33(43)40-14-8-28(9-15-40)39-19-12-37-13-20-39)46-35(45)41-16-10-29(11-17-41)42-18-7-27-5-3-4-6-30(27)38-34(42)44/h3-6,21-22,28-29,31,37H,7-20,23H2,1-2H3,(H,38,44). The number of para-hydroxylation sites is 1. The molecule has 2 N–H and O–H groups in total. The van der Waals surface area contributed by atoms with E-state index in [9.17, 15) is 14.4 Å². The molecule has 4 aliphatic rings. The van der Waals surface area contributed by atoms with Crippen molar-refractivity contribution in [1.29, 1.82) is 0 Å². The van der Waals surface area contributed by atoms with Crippen molar-refractivity contribution in [2.75, 3.05) is 64.2 Å². The van der Waals surface area contributed by atoms with Gasteiger partial charge in [0.25, 0.3) is 5.91 Å². The van der Waals surface area contributed by atoms with Crippen LogP contribution in [0.25, 0.3) is 0 Å². The van der Waals surface area contributed by atoms with E-state index in [-0.39, 0.29) is 18.0 Å². The summed E-state index contributed by atoms with van der Waals surface area (Å²) in [4.78, 5) is 48.7. The van der Waals surface area contributed by atoms with Crippen molar-refractivity contribution in [3.8, 4) is 0 Å². The van der Waals surface area contributed by atoms with Gasteiger partial charge in [-0.15, -0.1) is 0 Å². The Kier molecular flexibility index (Phi) is 10.4. The van der Waals surface area contributed by atoms with E-state index in [1.807, 2.05) is 54.0 Å². The molecule has 3 saturated heterocycles. The smallest absolute Gasteiger partial charge is 0.410 e. The minimum atomic E-state index is -0.921. The highest BCUT2D eigenvalue weighted by Crippen LogP contribution is 2.27. The molecule has 2 aromatic rings. The van der Waals surface area contributed by atoms with Crippen molar-refractivity contribution in [1.82, 2.24) is 24.9 Å². The fourth-order valence-corrected chi connectivity index (χ4v) is 7.65. The molecule has 0 radical (unpaired) electrons. The van der Waals surface area contributed by atoms with Gasteiger partial charge in [0, 0.05) is 88.1 Å². The van der Waals surface area contributed by atoms with Crippen molar-refractivity contribution in [3.05, 3.63) is 63.7 Å². The summed E-state index contributed by atoms with van der Waals surface area (Å²) in [6.45, 7) is 10.9. The van der Waals surface area contributed by atoms with Crippen LogP contribution >= 0.6 is 11.6 Å². The van der Waals surface area contributed by atoms with Crippen LogP contribution in [0.2, 0.25) is 5.02 Å². The van der Waals surface area contributed by atoms with Crippen LogP contribution in [0.1, 0.15) is 47.9 Å². The molecular formula is C35H47ClN6O4. The SMILES string of the molecule is Cc1cc(CC(OC(=O)N2CCC(N3CCc4ccccc4NC3=O)CC2)C(=O)N2CCC(N3CCNCC3)CC2)cc(C)c1Cl. The van der Waals surface area contributed by atoms with Crippen LogP contribution in [-0.4, -0.2) is 115 Å². The number of likely N-dealkylation sites (tertiary alicyclic amines) is 2. The summed E-state index contributed by atoms with van der Waals surface area (Å²) in [5.41, 5.74) is 4.80. The predicted octanol–water partition coefficient (Wildman–Crippen LogP) is 4.46. The lowest BCUT2D eigenvalue weighted by atomic mass is 9.99. The zero-order valence-electron chi connectivity index (χ0n) is 27.1. The number of aryl methyl sites for hydroxylation is 2. The maximum Gasteiger partial charge on any atom is 0.410 e. The van der Waals surface area contributed by atoms with Gasteiger partial charge in [0.05, 0.1) is 0 Å². The first-order valence-corrected chi connectivity index (χ1v) is 17.2. The number of amides is 4. The first-order chi connectivity index (χ1) is 22.3. The molecule has 1 atom stereocenters. The fourth-order valence-electron chi connectivity index (χ4n) is 7.54. The van der Waals surface area contributed by atoms with Crippen molar-refractivity contribution in [3.63, 3.8) is 0 Å². The maximum atomic E-state index is 14.0. The molecule has 10 nitrogen and oxygen atoms in total. The average Bonchev–Trinajstić information content (AvgIpc) is 3.25. The van der Waals surface area contributed by atoms with Gasteiger partial charge in [0.2, 0.25) is 0 Å². The Balaban J connectivity index is 1.09. The van der Waals surface area contributed by atoms with Gasteiger partial charge in [-0.1, -0.05) is 41.9 Å². The van der Waals surface area contributed by atoms with Crippen LogP contribution in [0.15, 0.2) is 36.4 Å². The van der Waals surface area contributed by atoms with Gasteiger partial charge in [-0.2, -0.15) is 0 Å². The molecular weight excluding hydrogens is 604 g/mol. The quantitative estimate of drug-likeness (QED) is 0.480. The number of halogens is 1. The Bertz CT molecular complexity index is 1390. The Labute approximate surface area is 277 Å². The van der Waals surface area contributed by atoms with Crippen molar-refractivity contribution in [2.24, 2.45) is 0 Å². The molecule has 1 unspecified atom stereocenters. The third-order valence-corrected chi connectivity index (χ3v) is 10.8. The topological polar surface area (TPSA) is 97.5 Å². The summed E-state index contributed by atoms with van der Waals surface area (Å²) >= 11 is 6.44. The minimum absolute atomic E-state index is 0.0350. The van der Waals surface area contributed by atoms with Crippen LogP contribution in [-0.2, 0) is 22.4 Å². The number of hydrogen-bond donors (Lipinski definition) is 2. The Morgan fingerprint density at radius 2 is 1.52 bits per heavy atom. The fraction of sp³-hybridized carbons (Fsp3) is 0.571. The molecule has 0 saturated carbocycles. The molecule has 0 aromatic heterocycles. The summed E-state index contributed by atoms with van der Waals surface area (Å²) in [6.07, 6.45) is 2.86. The summed E-state index contributed by atoms with van der Waals surface area (Å²) in [6, 6.07) is 12.3. The van der Waals surface area contributed by atoms with Crippen LogP contribution in [0.3, 0.4) is 0 Å². The number of nitrogens with one attached hydrogen (secondary N) is 2. The number of anilines is 1. The molecule has 4 amide bonds. The molecule has 46 heavy (non-hydrogen) atoms. The number of benzene rings is 2. The number of piperazine rings is 1. The van der Waals surface area contributed by atoms with Gasteiger partial charge < -0.3 is 30.1 Å². The van der Waals surface area contributed by atoms with Crippen LogP contribution in [0, 0.1) is 13.8 Å². The van der Waals surface area contributed by atoms with Gasteiger partial charge in [-0.05, 0) is 74.3 Å². The lowest BCUT2D eigenvalue weighted by Crippen LogP contribution is -2.54. The highest BCUT2D eigenvalue weighted by molar-refractivity contribution is 6.32. The normalized spacial score (nSPS) is 20.9. The predicted molar refractivity (Wildman–Crippen MR) is 179 cm³/mol. The highest BCUT2D eigenvalue weighted by Gasteiger charge is 2.36. The van der Waals surface area contributed by atoms with Crippen molar-refractivity contribution >= 4 is 35.3 Å². The van der Waals surface area contributed by atoms with Gasteiger partial charge in [0.15, 0.2) is 6.10 Å². The van der Waals surface area contributed by atoms with Crippen LogP contribution in [0.5, 0.6) is 0 Å². The number of urea groups is 1. The second-order valence-electron chi connectivity index (χ2n) is 13.2. The summed E-state index contributed by atoms with van der Waals surface area (Å²) < 4.78 is 6.08. The third-order valence-electron chi connectivity index (χ3n) is 10.2. The van der Waals surface area contributed by atoms with E-state index in [2.05, 4.69) is 21.6 Å². The van der Waals surface area contributed by atoms with Crippen LogP contribution in [0.4, 0.5) is 15.3 Å². The number of ether oxygens (including phenoxy) is 1. The van der Waals surface area contributed by atoms with Crippen LogP contribution < -0.4 is 10.6 Å². The van der Waals surface area contributed by atoms with E-state index >= 15 is 0 Å². The lowest BCUT2D eigenvalue weighted by Gasteiger charge is -2.41. The molecule has 11 heteroatoms. The van der Waals surface area contributed by atoms with Gasteiger partial charge in [-0.3, -0.25) is 9.69 Å². The van der Waals surface area contributed by atoms with E-state index in [1.165, 1.54) is 0 Å². The summed E-state index contributed by atoms with van der Waals surface area (Å²) in [5, 5.41) is 7.18. The molecule has 6 rings (SSSR count). The number of rotatable bonds is 6. The van der Waals surface area contributed by atoms with E-state index in [1.54, 1.807) is 4.90 Å². The lowest BCUT2D eigenvalue weighted by molar-refractivity contribution is -0.142. The Hall–Kier alpha value is -3.34. The molecule has 4 heterocycles. The third kappa shape index (κ3) is 7.45. The largest absolute Gasteiger partial charge is 0.436 e. The molecule has 2 aromatic carbocycles. The maximum absolute atomic E-state index is 14.0. The molecule has 0 spiro atoms. The number of fused-ring (bicyclic) bond motifs is 1. The monoisotopic (exact) mass is 650 g/mol. The molecule has 0 bridgehead atoms. The second-order valence-corrected chi connectivity index (χ2v) is 13.6. The van der Waals surface area contributed by atoms with Crippen molar-refractivity contribution < 1.29 is 19.1 Å². The molecule has 3 fully saturated rings. The Morgan fingerprint density at radius 3 is 2.22 bits per heavy atom. The molecule has 248 valence electrons. The zero-order valence-corrected chi connectivity index (χ0v) is 27.9. The second kappa shape index (κ2) is 14.6. The number of carbonyl (C=O) groups is 3. The number of carbonyl (C=O) groups excluding carboxylic acids is 3. The highest BCUT2D eigenvalue weighted by atomic mass is 35.5. The zero-order chi connectivity index (χ0) is 32.2. The average molecular weight is 651 g/mol. The van der Waals surface area contributed by atoms with Crippen molar-refractivity contribution in [2.45, 2.75) is 70.6 Å². The number of hydrogen-bond acceptors (Lipinski definition) is 6. The van der Waals surface area contributed by atoms with E-state index in [0.717, 1.165) is 73.4 Å². The molecule has 0 aliphatic carbocycles. The number of nitrogens with zero attached hydrogens (tertiary/aromatic N) is 4. The summed E-state index contributed by atoms with van der Waals surface area (Å²) in [7, 11) is 0.